The van der Waals surface area contributed by atoms with Gasteiger partial charge in [-0.3, -0.25) is 10.1 Å². The first-order valence-corrected chi connectivity index (χ1v) is 5.34. The Balaban J connectivity index is 2.17. The van der Waals surface area contributed by atoms with Crippen LogP contribution >= 0.6 is 0 Å². The Bertz CT molecular complexity index is 579. The number of nitrogens with one attached hydrogen (secondary N) is 1. The molecule has 0 spiro atoms. The van der Waals surface area contributed by atoms with Crippen LogP contribution in [-0.2, 0) is 6.54 Å². The third-order valence-corrected chi connectivity index (χ3v) is 2.35. The standard InChI is InChI=1S/C11H12N4O3/c1-7-3-4-10(15(16)17)9(5-7)12-6-11-13-8(2)14-18-11/h3-5,12H,6H2,1-2H3. The first-order chi connectivity index (χ1) is 8.56. The van der Waals surface area contributed by atoms with Crippen molar-refractivity contribution < 1.29 is 9.45 Å². The lowest BCUT2D eigenvalue weighted by Crippen LogP contribution is -2.03. The second-order valence-electron chi connectivity index (χ2n) is 3.87. The SMILES string of the molecule is Cc1ccc([N+](=O)[O-])c(NCc2nc(C)no2)c1. The molecule has 1 aromatic carbocycles. The summed E-state index contributed by atoms with van der Waals surface area (Å²) < 4.78 is 4.92. The number of rotatable bonds is 4. The topological polar surface area (TPSA) is 94.1 Å². The zero-order chi connectivity index (χ0) is 13.1. The third-order valence-electron chi connectivity index (χ3n) is 2.35. The molecule has 1 aromatic heterocycles. The van der Waals surface area contributed by atoms with E-state index in [1.54, 1.807) is 19.1 Å². The van der Waals surface area contributed by atoms with Crippen molar-refractivity contribution in [2.75, 3.05) is 5.32 Å². The van der Waals surface area contributed by atoms with E-state index in [0.29, 0.717) is 17.4 Å². The Morgan fingerprint density at radius 1 is 1.44 bits per heavy atom. The molecule has 0 saturated heterocycles. The normalized spacial score (nSPS) is 10.3. The molecule has 2 rings (SSSR count). The molecule has 7 heteroatoms. The molecule has 0 unspecified atom stereocenters. The van der Waals surface area contributed by atoms with Crippen LogP contribution in [0.15, 0.2) is 22.7 Å². The Hall–Kier alpha value is -2.44. The van der Waals surface area contributed by atoms with Crippen molar-refractivity contribution in [3.05, 3.63) is 45.6 Å². The Labute approximate surface area is 103 Å². The average molecular weight is 248 g/mol. The Morgan fingerprint density at radius 2 is 2.22 bits per heavy atom. The molecule has 0 radical (unpaired) electrons. The molecule has 0 aliphatic heterocycles. The van der Waals surface area contributed by atoms with Gasteiger partial charge in [0.05, 0.1) is 11.5 Å². The van der Waals surface area contributed by atoms with Gasteiger partial charge in [-0.15, -0.1) is 0 Å². The lowest BCUT2D eigenvalue weighted by atomic mass is 10.2. The van der Waals surface area contributed by atoms with Gasteiger partial charge in [-0.25, -0.2) is 0 Å². The van der Waals surface area contributed by atoms with Crippen LogP contribution in [0.25, 0.3) is 0 Å². The van der Waals surface area contributed by atoms with Gasteiger partial charge in [-0.05, 0) is 25.5 Å². The fraction of sp³-hybridized carbons (Fsp3) is 0.273. The molecule has 94 valence electrons. The van der Waals surface area contributed by atoms with Crippen molar-refractivity contribution in [2.24, 2.45) is 0 Å². The van der Waals surface area contributed by atoms with Gasteiger partial charge in [0.2, 0.25) is 5.89 Å². The van der Waals surface area contributed by atoms with E-state index in [1.807, 2.05) is 6.92 Å². The minimum Gasteiger partial charge on any atom is -0.371 e. The van der Waals surface area contributed by atoms with Crippen LogP contribution in [0.3, 0.4) is 0 Å². The zero-order valence-electron chi connectivity index (χ0n) is 10.0. The second-order valence-corrected chi connectivity index (χ2v) is 3.87. The highest BCUT2D eigenvalue weighted by atomic mass is 16.6. The predicted molar refractivity (Wildman–Crippen MR) is 64.2 cm³/mol. The van der Waals surface area contributed by atoms with E-state index in [0.717, 1.165) is 5.56 Å². The van der Waals surface area contributed by atoms with Crippen LogP contribution in [0.2, 0.25) is 0 Å². The number of anilines is 1. The molecule has 1 heterocycles. The minimum atomic E-state index is -0.430. The molecule has 2 aromatic rings. The second kappa shape index (κ2) is 4.82. The van der Waals surface area contributed by atoms with Crippen LogP contribution in [0.4, 0.5) is 11.4 Å². The monoisotopic (exact) mass is 248 g/mol. The summed E-state index contributed by atoms with van der Waals surface area (Å²) in [6.45, 7) is 3.83. The quantitative estimate of drug-likeness (QED) is 0.658. The summed E-state index contributed by atoms with van der Waals surface area (Å²) in [5, 5.41) is 17.4. The van der Waals surface area contributed by atoms with Gasteiger partial charge >= 0.3 is 0 Å². The number of hydrogen-bond acceptors (Lipinski definition) is 6. The van der Waals surface area contributed by atoms with Crippen molar-refractivity contribution in [2.45, 2.75) is 20.4 Å². The zero-order valence-corrected chi connectivity index (χ0v) is 10.0. The van der Waals surface area contributed by atoms with E-state index < -0.39 is 4.92 Å². The highest BCUT2D eigenvalue weighted by molar-refractivity contribution is 5.62. The van der Waals surface area contributed by atoms with Gasteiger partial charge < -0.3 is 9.84 Å². The third kappa shape index (κ3) is 2.62. The van der Waals surface area contributed by atoms with Crippen molar-refractivity contribution >= 4 is 11.4 Å². The van der Waals surface area contributed by atoms with E-state index in [2.05, 4.69) is 15.5 Å². The van der Waals surface area contributed by atoms with Crippen molar-refractivity contribution in [3.8, 4) is 0 Å². The fourth-order valence-corrected chi connectivity index (χ4v) is 1.53. The summed E-state index contributed by atoms with van der Waals surface area (Å²) in [7, 11) is 0. The minimum absolute atomic E-state index is 0.0248. The van der Waals surface area contributed by atoms with Gasteiger partial charge in [0.25, 0.3) is 5.69 Å². The fourth-order valence-electron chi connectivity index (χ4n) is 1.53. The molecule has 0 atom stereocenters. The number of benzene rings is 1. The van der Waals surface area contributed by atoms with Crippen molar-refractivity contribution in [1.29, 1.82) is 0 Å². The van der Waals surface area contributed by atoms with Crippen molar-refractivity contribution in [1.82, 2.24) is 10.1 Å². The van der Waals surface area contributed by atoms with Gasteiger partial charge in [-0.2, -0.15) is 4.98 Å². The molecule has 18 heavy (non-hydrogen) atoms. The van der Waals surface area contributed by atoms with Crippen LogP contribution in [0, 0.1) is 24.0 Å². The highest BCUT2D eigenvalue weighted by Gasteiger charge is 2.14. The lowest BCUT2D eigenvalue weighted by Gasteiger charge is -2.05. The first-order valence-electron chi connectivity index (χ1n) is 5.34. The van der Waals surface area contributed by atoms with Crippen LogP contribution < -0.4 is 5.32 Å². The summed E-state index contributed by atoms with van der Waals surface area (Å²) in [6.07, 6.45) is 0. The molecule has 0 bridgehead atoms. The van der Waals surface area contributed by atoms with E-state index in [9.17, 15) is 10.1 Å². The maximum absolute atomic E-state index is 10.9. The Kier molecular flexibility index (Phi) is 3.22. The number of nitro groups is 1. The van der Waals surface area contributed by atoms with Crippen LogP contribution in [0.1, 0.15) is 17.3 Å². The molecule has 0 saturated carbocycles. The van der Waals surface area contributed by atoms with E-state index in [-0.39, 0.29) is 12.2 Å². The number of nitrogens with zero attached hydrogens (tertiary/aromatic N) is 3. The molecule has 0 fully saturated rings. The van der Waals surface area contributed by atoms with Crippen LogP contribution in [0.5, 0.6) is 0 Å². The largest absolute Gasteiger partial charge is 0.371 e. The summed E-state index contributed by atoms with van der Waals surface area (Å²) in [5.74, 6) is 0.925. The van der Waals surface area contributed by atoms with Crippen LogP contribution in [-0.4, -0.2) is 15.1 Å². The summed E-state index contributed by atoms with van der Waals surface area (Å²) in [4.78, 5) is 14.4. The van der Waals surface area contributed by atoms with E-state index in [1.165, 1.54) is 6.07 Å². The summed E-state index contributed by atoms with van der Waals surface area (Å²) in [5.41, 5.74) is 1.40. The number of aryl methyl sites for hydroxylation is 2. The van der Waals surface area contributed by atoms with Crippen molar-refractivity contribution in [3.63, 3.8) is 0 Å². The number of nitro benzene ring substituents is 1. The number of hydrogen-bond donors (Lipinski definition) is 1. The number of aromatic nitrogens is 2. The van der Waals surface area contributed by atoms with E-state index in [4.69, 9.17) is 4.52 Å². The van der Waals surface area contributed by atoms with Gasteiger partial charge in [-0.1, -0.05) is 11.2 Å². The maximum Gasteiger partial charge on any atom is 0.292 e. The average Bonchev–Trinajstić information content (AvgIpc) is 2.72. The smallest absolute Gasteiger partial charge is 0.292 e. The lowest BCUT2D eigenvalue weighted by molar-refractivity contribution is -0.384. The molecular formula is C11H12N4O3. The maximum atomic E-state index is 10.9. The molecule has 7 nitrogen and oxygen atoms in total. The van der Waals surface area contributed by atoms with Gasteiger partial charge in [0.15, 0.2) is 5.82 Å². The molecule has 0 aliphatic rings. The molecule has 0 aliphatic carbocycles. The van der Waals surface area contributed by atoms with Gasteiger partial charge in [0, 0.05) is 6.07 Å². The molecular weight excluding hydrogens is 236 g/mol. The highest BCUT2D eigenvalue weighted by Crippen LogP contribution is 2.25. The summed E-state index contributed by atoms with van der Waals surface area (Å²) in [6, 6.07) is 4.87. The molecule has 0 amide bonds. The van der Waals surface area contributed by atoms with Gasteiger partial charge in [0.1, 0.15) is 5.69 Å². The molecule has 1 N–H and O–H groups in total. The summed E-state index contributed by atoms with van der Waals surface area (Å²) >= 11 is 0. The first kappa shape index (κ1) is 12.0. The predicted octanol–water partition coefficient (Wildman–Crippen LogP) is 2.21. The van der Waals surface area contributed by atoms with E-state index >= 15 is 0 Å². The Morgan fingerprint density at radius 3 is 2.83 bits per heavy atom.